The predicted octanol–water partition coefficient (Wildman–Crippen LogP) is 5.93. The van der Waals surface area contributed by atoms with E-state index < -0.39 is 93.9 Å². The number of aliphatic hydroxyl groups is 1. The van der Waals surface area contributed by atoms with Gasteiger partial charge in [0.2, 0.25) is 0 Å². The number of aliphatic hydroxyl groups excluding tert-OH is 1. The van der Waals surface area contributed by atoms with Crippen molar-refractivity contribution in [2.45, 2.75) is 160 Å². The average Bonchev–Trinajstić information content (AvgIpc) is 3.10. The molecule has 3 saturated heterocycles. The zero-order valence-corrected chi connectivity index (χ0v) is 33.7. The topological polar surface area (TPSA) is 155 Å². The van der Waals surface area contributed by atoms with Gasteiger partial charge in [-0.3, -0.25) is 4.79 Å². The van der Waals surface area contributed by atoms with Gasteiger partial charge in [0.15, 0.2) is 45.5 Å². The van der Waals surface area contributed by atoms with Gasteiger partial charge in [-0.1, -0.05) is 57.2 Å². The molecule has 0 spiro atoms. The Balaban J connectivity index is 1.27. The van der Waals surface area contributed by atoms with Crippen molar-refractivity contribution in [1.29, 1.82) is 0 Å². The molecule has 2 aromatic carbocycles. The molecule has 0 bridgehead atoms. The van der Waals surface area contributed by atoms with Crippen LogP contribution < -0.4 is 0 Å². The number of esters is 3. The van der Waals surface area contributed by atoms with Crippen molar-refractivity contribution in [2.24, 2.45) is 0 Å². The summed E-state index contributed by atoms with van der Waals surface area (Å²) in [6.45, 7) is 17.6. The van der Waals surface area contributed by atoms with Crippen LogP contribution in [-0.4, -0.2) is 105 Å². The second-order valence-corrected chi connectivity index (χ2v) is 20.6. The molecule has 0 radical (unpaired) electrons. The zero-order chi connectivity index (χ0) is 39.4. The fraction of sp³-hybridized carbons (Fsp3) is 0.625. The largest absolute Gasteiger partial charge is 0.457 e. The van der Waals surface area contributed by atoms with Crippen molar-refractivity contribution in [3.05, 3.63) is 71.8 Å². The summed E-state index contributed by atoms with van der Waals surface area (Å²) in [7, 11) is -2.25. The van der Waals surface area contributed by atoms with Crippen LogP contribution >= 0.6 is 0 Å². The normalized spacial score (nSPS) is 33.4. The highest BCUT2D eigenvalue weighted by Crippen LogP contribution is 2.40. The number of carbonyl (C=O) groups is 3. The van der Waals surface area contributed by atoms with E-state index in [-0.39, 0.29) is 22.3 Å². The third-order valence-electron chi connectivity index (χ3n) is 10.6. The molecular weight excluding hydrogens is 717 g/mol. The van der Waals surface area contributed by atoms with E-state index >= 15 is 0 Å². The summed E-state index contributed by atoms with van der Waals surface area (Å²) in [5, 5.41) is 10.9. The van der Waals surface area contributed by atoms with Crippen molar-refractivity contribution in [3.63, 3.8) is 0 Å². The molecular formula is C40H56O13Si. The average molecular weight is 773 g/mol. The molecule has 12 atom stereocenters. The van der Waals surface area contributed by atoms with E-state index in [1.807, 2.05) is 13.8 Å². The van der Waals surface area contributed by atoms with Gasteiger partial charge in [-0.2, -0.15) is 0 Å². The Bertz CT molecular complexity index is 1550. The molecule has 14 heteroatoms. The van der Waals surface area contributed by atoms with Crippen LogP contribution in [0.2, 0.25) is 18.1 Å². The molecule has 0 aliphatic carbocycles. The Hall–Kier alpha value is -3.21. The van der Waals surface area contributed by atoms with Gasteiger partial charge in [-0.05, 0) is 69.6 Å². The summed E-state index contributed by atoms with van der Waals surface area (Å²) < 4.78 is 55.5. The fourth-order valence-electron chi connectivity index (χ4n) is 6.67. The van der Waals surface area contributed by atoms with Crippen LogP contribution in [-0.2, 0) is 47.1 Å². The van der Waals surface area contributed by atoms with Crippen LogP contribution in [0.1, 0.15) is 88.4 Å². The third kappa shape index (κ3) is 10.3. The first-order chi connectivity index (χ1) is 25.4. The van der Waals surface area contributed by atoms with Crippen LogP contribution in [0.4, 0.5) is 0 Å². The number of carbonyl (C=O) groups excluding carboxylic acids is 3. The van der Waals surface area contributed by atoms with Crippen LogP contribution in [0.15, 0.2) is 60.7 Å². The molecule has 54 heavy (non-hydrogen) atoms. The molecule has 0 saturated carbocycles. The lowest BCUT2D eigenvalue weighted by atomic mass is 9.98. The maximum atomic E-state index is 13.4. The number of hydrogen-bond donors (Lipinski definition) is 1. The summed E-state index contributed by atoms with van der Waals surface area (Å²) in [5.74, 6) is -1.81. The molecule has 5 rings (SSSR count). The van der Waals surface area contributed by atoms with Gasteiger partial charge in [0.1, 0.15) is 6.10 Å². The van der Waals surface area contributed by atoms with Crippen LogP contribution in [0.3, 0.4) is 0 Å². The molecule has 13 nitrogen and oxygen atoms in total. The molecule has 3 aliphatic rings. The minimum Gasteiger partial charge on any atom is -0.457 e. The highest BCUT2D eigenvalue weighted by atomic mass is 28.4. The minimum atomic E-state index is -2.25. The molecule has 1 N–H and O–H groups in total. The number of benzene rings is 2. The highest BCUT2D eigenvalue weighted by molar-refractivity contribution is 6.74. The fourth-order valence-corrected chi connectivity index (χ4v) is 8.01. The van der Waals surface area contributed by atoms with E-state index in [1.54, 1.807) is 67.6 Å². The highest BCUT2D eigenvalue weighted by Gasteiger charge is 2.51. The monoisotopic (exact) mass is 772 g/mol. The molecule has 0 aromatic heterocycles. The van der Waals surface area contributed by atoms with E-state index in [4.69, 9.17) is 42.3 Å². The first-order valence-electron chi connectivity index (χ1n) is 18.8. The van der Waals surface area contributed by atoms with Crippen LogP contribution in [0, 0.1) is 0 Å². The van der Waals surface area contributed by atoms with E-state index in [9.17, 15) is 19.5 Å². The molecule has 3 fully saturated rings. The number of ether oxygens (including phenoxy) is 8. The maximum Gasteiger partial charge on any atom is 0.338 e. The molecule has 0 unspecified atom stereocenters. The zero-order valence-electron chi connectivity index (χ0n) is 32.7. The van der Waals surface area contributed by atoms with Crippen LogP contribution in [0.5, 0.6) is 0 Å². The van der Waals surface area contributed by atoms with E-state index in [2.05, 4.69) is 33.9 Å². The van der Waals surface area contributed by atoms with E-state index in [0.29, 0.717) is 19.3 Å². The van der Waals surface area contributed by atoms with E-state index in [1.165, 1.54) is 6.92 Å². The van der Waals surface area contributed by atoms with Gasteiger partial charge in [0.25, 0.3) is 0 Å². The third-order valence-corrected chi connectivity index (χ3v) is 15.1. The Morgan fingerprint density at radius 2 is 1.20 bits per heavy atom. The Morgan fingerprint density at radius 1 is 0.667 bits per heavy atom. The Morgan fingerprint density at radius 3 is 1.74 bits per heavy atom. The lowest BCUT2D eigenvalue weighted by Crippen LogP contribution is -2.61. The molecule has 3 heterocycles. The Kier molecular flexibility index (Phi) is 13.8. The Labute approximate surface area is 318 Å². The molecule has 3 aliphatic heterocycles. The van der Waals surface area contributed by atoms with Crippen molar-refractivity contribution < 1.29 is 61.8 Å². The number of hydrogen-bond acceptors (Lipinski definition) is 13. The van der Waals surface area contributed by atoms with Gasteiger partial charge in [-0.15, -0.1) is 0 Å². The summed E-state index contributed by atoms with van der Waals surface area (Å²) in [6.07, 6.45) is -8.42. The van der Waals surface area contributed by atoms with Gasteiger partial charge in [-0.25, -0.2) is 9.59 Å². The maximum absolute atomic E-state index is 13.4. The SMILES string of the molecule is CC(=O)O[C@@H]1[C@@H](C)O[C@@H](O[C@H]2CC[C@H](O[C@@H]3[C@@H](OC(=O)c4ccccc4)[C@@H](OC(=O)c4ccccc4)[C@@H](O)O[C@H]3C)O[C@H]2C)C[C@H]1O[Si](C)(C)C(C)(C)C. The van der Waals surface area contributed by atoms with Gasteiger partial charge in [0, 0.05) is 19.8 Å². The van der Waals surface area contributed by atoms with Crippen molar-refractivity contribution in [2.75, 3.05) is 0 Å². The summed E-state index contributed by atoms with van der Waals surface area (Å²) >= 11 is 0. The second kappa shape index (κ2) is 17.7. The predicted molar refractivity (Wildman–Crippen MR) is 198 cm³/mol. The smallest absolute Gasteiger partial charge is 0.338 e. The summed E-state index contributed by atoms with van der Waals surface area (Å²) in [5.41, 5.74) is 0.524. The van der Waals surface area contributed by atoms with Gasteiger partial charge >= 0.3 is 17.9 Å². The van der Waals surface area contributed by atoms with Crippen molar-refractivity contribution in [1.82, 2.24) is 0 Å². The molecule has 298 valence electrons. The van der Waals surface area contributed by atoms with Gasteiger partial charge in [0.05, 0.1) is 41.6 Å². The van der Waals surface area contributed by atoms with Crippen molar-refractivity contribution in [3.8, 4) is 0 Å². The lowest BCUT2D eigenvalue weighted by Gasteiger charge is -2.47. The van der Waals surface area contributed by atoms with Gasteiger partial charge < -0.3 is 47.4 Å². The first kappa shape index (κ1) is 41.9. The van der Waals surface area contributed by atoms with Crippen LogP contribution in [0.25, 0.3) is 0 Å². The van der Waals surface area contributed by atoms with Crippen molar-refractivity contribution >= 4 is 26.2 Å². The molecule has 2 aromatic rings. The molecule has 0 amide bonds. The first-order valence-corrected chi connectivity index (χ1v) is 21.7. The lowest BCUT2D eigenvalue weighted by molar-refractivity contribution is -0.330. The second-order valence-electron chi connectivity index (χ2n) is 15.8. The summed E-state index contributed by atoms with van der Waals surface area (Å²) in [4.78, 5) is 38.5. The minimum absolute atomic E-state index is 0.0617. The quantitative estimate of drug-likeness (QED) is 0.163. The van der Waals surface area contributed by atoms with E-state index in [0.717, 1.165) is 0 Å². The number of rotatable bonds is 11. The summed E-state index contributed by atoms with van der Waals surface area (Å²) in [6, 6.07) is 16.7. The standard InChI is InChI=1S/C40H56O13Si/c1-23-29(49-32-22-30(53-54(8,9)40(5,6)7)33(24(2)46-32)48-26(4)41)20-21-31(45-23)50-34-25(3)47-39(44)36(52-38(43)28-18-14-11-15-19-28)35(34)51-37(42)27-16-12-10-13-17-27/h10-19,23-25,29-36,39,44H,20-22H2,1-9H3/t23-,24+,25-,29-,30+,31-,32-,33+,34-,35+,36+,39-/m0/s1.